The van der Waals surface area contributed by atoms with Gasteiger partial charge in [0.05, 0.1) is 0 Å². The Labute approximate surface area is 237 Å². The molecule has 0 fully saturated rings. The van der Waals surface area contributed by atoms with E-state index in [0.29, 0.717) is 35.5 Å². The molecule has 0 amide bonds. The van der Waals surface area contributed by atoms with Gasteiger partial charge >= 0.3 is 0 Å². The van der Waals surface area contributed by atoms with Crippen molar-refractivity contribution in [3.05, 3.63) is 0 Å². The zero-order valence-corrected chi connectivity index (χ0v) is 29.7. The van der Waals surface area contributed by atoms with Crippen LogP contribution in [0.1, 0.15) is 90.0 Å². The molecule has 38 heavy (non-hydrogen) atoms. The van der Waals surface area contributed by atoms with Crippen molar-refractivity contribution >= 4 is 22.5 Å². The molecule has 0 aromatic rings. The second-order valence-corrected chi connectivity index (χ2v) is 21.3. The summed E-state index contributed by atoms with van der Waals surface area (Å²) in [5.41, 5.74) is 0. The Kier molecular flexibility index (Phi) is 16.1. The molecule has 0 bridgehead atoms. The molecule has 1 aliphatic rings. The minimum Gasteiger partial charge on any atom is -0.259 e. The third-order valence-electron chi connectivity index (χ3n) is 5.70. The van der Waals surface area contributed by atoms with Crippen LogP contribution in [0.15, 0.2) is 13.8 Å². The van der Waals surface area contributed by atoms with Crippen molar-refractivity contribution in [3.63, 3.8) is 0 Å². The van der Waals surface area contributed by atoms with E-state index in [0.717, 1.165) is 45.8 Å². The van der Waals surface area contributed by atoms with Gasteiger partial charge in [0.25, 0.3) is 7.51 Å². The summed E-state index contributed by atoms with van der Waals surface area (Å²) < 4.78 is 19.5. The lowest BCUT2D eigenvalue weighted by Gasteiger charge is -2.49. The Balaban J connectivity index is 4.13. The quantitative estimate of drug-likeness (QED) is 0.103. The van der Waals surface area contributed by atoms with Crippen molar-refractivity contribution in [2.24, 2.45) is 49.3 Å². The van der Waals surface area contributed by atoms with Crippen molar-refractivity contribution in [2.45, 2.75) is 90.0 Å². The van der Waals surface area contributed by atoms with Crippen LogP contribution in [-0.2, 0) is 0 Å². The molecule has 0 aliphatic carbocycles. The van der Waals surface area contributed by atoms with E-state index in [9.17, 15) is 0 Å². The maximum absolute atomic E-state index is 5.76. The summed E-state index contributed by atoms with van der Waals surface area (Å²) in [6.07, 6.45) is 0. The molecule has 1 rings (SSSR count). The first-order valence-electron chi connectivity index (χ1n) is 15.0. The Morgan fingerprint density at radius 3 is 1.11 bits per heavy atom. The molecule has 5 N–H and O–H groups in total. The molecule has 1 aliphatic heterocycles. The van der Waals surface area contributed by atoms with E-state index in [2.05, 4.69) is 120 Å². The van der Waals surface area contributed by atoms with Crippen LogP contribution in [0.4, 0.5) is 0 Å². The number of hydrogen-bond acceptors (Lipinski definition) is 6. The van der Waals surface area contributed by atoms with Gasteiger partial charge in [0.15, 0.2) is 15.0 Å². The Morgan fingerprint density at radius 1 is 0.526 bits per heavy atom. The van der Waals surface area contributed by atoms with Crippen LogP contribution in [0.25, 0.3) is 0 Å². The van der Waals surface area contributed by atoms with Crippen molar-refractivity contribution < 1.29 is 0 Å². The zero-order chi connectivity index (χ0) is 29.1. The molecule has 0 spiro atoms. The van der Waals surface area contributed by atoms with Crippen molar-refractivity contribution in [2.75, 3.05) is 45.8 Å². The van der Waals surface area contributed by atoms with Crippen molar-refractivity contribution in [3.8, 4) is 0 Å². The Hall–Kier alpha value is 0.450. The minimum absolute atomic E-state index is 0.447. The first-order valence-corrected chi connectivity index (χ1v) is 20.0. The standard InChI is InChI=1S/C26H64N9P3/c1-14-35-37(29-17-23(6)7,30-18-24(8)9)33-36(27-15-21(2)3,28-16-22(4)5)34-38(35,31-19-25(10)11)32-20-26(12)13/h21-27,29-32H,14-20H2,1-13H3. The predicted molar refractivity (Wildman–Crippen MR) is 174 cm³/mol. The van der Waals surface area contributed by atoms with Crippen LogP contribution in [0, 0.1) is 35.5 Å². The number of rotatable bonds is 18. The maximum Gasteiger partial charge on any atom is 0.257 e. The maximum atomic E-state index is 5.76. The lowest BCUT2D eigenvalue weighted by atomic mass is 10.2. The summed E-state index contributed by atoms with van der Waals surface area (Å²) in [7, 11) is -7.42. The summed E-state index contributed by atoms with van der Waals surface area (Å²) in [5, 5.41) is 20.0. The van der Waals surface area contributed by atoms with E-state index in [-0.39, 0.29) is 0 Å². The molecule has 9 nitrogen and oxygen atoms in total. The highest BCUT2D eigenvalue weighted by Crippen LogP contribution is 2.76. The fraction of sp³-hybridized carbons (Fsp3) is 1.00. The molecular weight excluding hydrogens is 531 g/mol. The Morgan fingerprint density at radius 2 is 0.842 bits per heavy atom. The average molecular weight is 596 g/mol. The zero-order valence-electron chi connectivity index (χ0n) is 27.0. The van der Waals surface area contributed by atoms with Gasteiger partial charge in [-0.3, -0.25) is 20.3 Å². The van der Waals surface area contributed by atoms with Crippen LogP contribution in [0.2, 0.25) is 0 Å². The summed E-state index contributed by atoms with van der Waals surface area (Å²) in [4.78, 5) is 0. The summed E-state index contributed by atoms with van der Waals surface area (Å²) >= 11 is 0. The monoisotopic (exact) mass is 595 g/mol. The van der Waals surface area contributed by atoms with E-state index in [1.165, 1.54) is 0 Å². The molecule has 0 aromatic carbocycles. The molecule has 1 heterocycles. The van der Waals surface area contributed by atoms with Crippen molar-refractivity contribution in [1.29, 1.82) is 0 Å². The highest BCUT2D eigenvalue weighted by atomic mass is 31.3. The second kappa shape index (κ2) is 16.8. The molecule has 0 aromatic heterocycles. The topological polar surface area (TPSA) is 100 Å². The Bertz CT molecular complexity index is 767. The highest BCUT2D eigenvalue weighted by Gasteiger charge is 2.45. The minimum atomic E-state index is -2.60. The van der Waals surface area contributed by atoms with Gasteiger partial charge in [-0.1, -0.05) is 90.0 Å². The van der Waals surface area contributed by atoms with Gasteiger partial charge in [0.1, 0.15) is 0 Å². The van der Waals surface area contributed by atoms with Crippen LogP contribution < -0.4 is 25.4 Å². The molecule has 228 valence electrons. The van der Waals surface area contributed by atoms with Crippen LogP contribution in [0.3, 0.4) is 0 Å². The van der Waals surface area contributed by atoms with E-state index < -0.39 is 22.5 Å². The third-order valence-corrected chi connectivity index (χ3v) is 16.9. The van der Waals surface area contributed by atoms with Gasteiger partial charge in [0.2, 0.25) is 0 Å². The molecule has 0 saturated carbocycles. The molecule has 0 saturated heterocycles. The highest BCUT2D eigenvalue weighted by molar-refractivity contribution is 7.85. The van der Waals surface area contributed by atoms with Gasteiger partial charge in [-0.15, -0.1) is 0 Å². The summed E-state index contributed by atoms with van der Waals surface area (Å²) in [6.45, 7) is 35.4. The van der Waals surface area contributed by atoms with Gasteiger partial charge in [-0.2, -0.15) is 13.5 Å². The van der Waals surface area contributed by atoms with Crippen LogP contribution >= 0.6 is 22.5 Å². The SMILES string of the molecule is CCN1P(NCC(C)C)(NCC(C)C)=NP(=NCC(C)C)(NCC(C)C)N=P1(NCC(C)C)NCC(C)C. The van der Waals surface area contributed by atoms with Gasteiger partial charge in [-0.05, 0) is 35.5 Å². The van der Waals surface area contributed by atoms with E-state index >= 15 is 0 Å². The summed E-state index contributed by atoms with van der Waals surface area (Å²) in [5.74, 6) is 2.95. The predicted octanol–water partition coefficient (Wildman–Crippen LogP) is 8.04. The van der Waals surface area contributed by atoms with Crippen LogP contribution in [-0.4, -0.2) is 50.3 Å². The summed E-state index contributed by atoms with van der Waals surface area (Å²) in [6, 6.07) is 0. The molecular formula is C26H64N9P3. The molecule has 0 atom stereocenters. The van der Waals surface area contributed by atoms with E-state index in [1.54, 1.807) is 0 Å². The fourth-order valence-electron chi connectivity index (χ4n) is 3.62. The van der Waals surface area contributed by atoms with E-state index in [1.807, 2.05) is 0 Å². The number of nitrogens with one attached hydrogen (secondary N) is 5. The molecule has 0 radical (unpaired) electrons. The first-order chi connectivity index (χ1) is 17.6. The number of hydrogen-bond donors (Lipinski definition) is 5. The van der Waals surface area contributed by atoms with E-state index in [4.69, 9.17) is 13.8 Å². The van der Waals surface area contributed by atoms with Gasteiger partial charge in [-0.25, -0.2) is 9.83 Å². The lowest BCUT2D eigenvalue weighted by Crippen LogP contribution is -2.45. The molecule has 12 heteroatoms. The largest absolute Gasteiger partial charge is 0.259 e. The number of nitrogens with zero attached hydrogens (tertiary/aromatic N) is 4. The van der Waals surface area contributed by atoms with Gasteiger partial charge < -0.3 is 0 Å². The fourth-order valence-corrected chi connectivity index (χ4v) is 18.0. The smallest absolute Gasteiger partial charge is 0.257 e. The normalized spacial score (nSPS) is 19.1. The second-order valence-electron chi connectivity index (χ2n) is 13.1. The van der Waals surface area contributed by atoms with Crippen LogP contribution in [0.5, 0.6) is 0 Å². The average Bonchev–Trinajstić information content (AvgIpc) is 2.81. The molecule has 0 unspecified atom stereocenters. The third kappa shape index (κ3) is 11.7. The lowest BCUT2D eigenvalue weighted by molar-refractivity contribution is 0.556. The van der Waals surface area contributed by atoms with Gasteiger partial charge in [0, 0.05) is 45.8 Å². The van der Waals surface area contributed by atoms with Crippen molar-refractivity contribution in [1.82, 2.24) is 29.9 Å². The first kappa shape index (κ1) is 36.5.